The molecule has 0 radical (unpaired) electrons. The van der Waals surface area contributed by atoms with E-state index in [2.05, 4.69) is 0 Å². The van der Waals surface area contributed by atoms with E-state index >= 15 is 0 Å². The summed E-state index contributed by atoms with van der Waals surface area (Å²) >= 11 is 0. The molecule has 0 atom stereocenters. The average molecular weight is 358 g/mol. The Balaban J connectivity index is 2.11. The Hall–Kier alpha value is -2.71. The second kappa shape index (κ2) is 7.50. The summed E-state index contributed by atoms with van der Waals surface area (Å²) in [6, 6.07) is 26.9. The van der Waals surface area contributed by atoms with Crippen LogP contribution < -0.4 is 0 Å². The lowest BCUT2D eigenvalue weighted by Gasteiger charge is -2.31. The lowest BCUT2D eigenvalue weighted by molar-refractivity contribution is 0.0791. The molecule has 0 aromatic heterocycles. The van der Waals surface area contributed by atoms with Gasteiger partial charge in [-0.2, -0.15) is 0 Å². The smallest absolute Gasteiger partial charge is 0.168 e. The van der Waals surface area contributed by atoms with E-state index in [-0.39, 0.29) is 5.78 Å². The third kappa shape index (κ3) is 4.01. The van der Waals surface area contributed by atoms with Gasteiger partial charge in [0, 0.05) is 17.4 Å². The van der Waals surface area contributed by atoms with Crippen molar-refractivity contribution in [1.82, 2.24) is 0 Å². The minimum atomic E-state index is -1.21. The summed E-state index contributed by atoms with van der Waals surface area (Å²) in [5, 5.41) is 11.8. The lowest BCUT2D eigenvalue weighted by Crippen LogP contribution is -2.31. The van der Waals surface area contributed by atoms with Gasteiger partial charge in [0.2, 0.25) is 0 Å². The van der Waals surface area contributed by atoms with Crippen molar-refractivity contribution in [3.05, 3.63) is 107 Å². The van der Waals surface area contributed by atoms with Gasteiger partial charge in [-0.3, -0.25) is 4.79 Å². The van der Waals surface area contributed by atoms with E-state index in [1.54, 1.807) is 0 Å². The topological polar surface area (TPSA) is 37.3 Å². The predicted molar refractivity (Wildman–Crippen MR) is 110 cm³/mol. The van der Waals surface area contributed by atoms with Crippen molar-refractivity contribution in [2.24, 2.45) is 5.41 Å². The Morgan fingerprint density at radius 2 is 1.19 bits per heavy atom. The van der Waals surface area contributed by atoms with E-state index < -0.39 is 11.0 Å². The molecule has 27 heavy (non-hydrogen) atoms. The zero-order valence-electron chi connectivity index (χ0n) is 16.1. The van der Waals surface area contributed by atoms with Crippen LogP contribution in [0.3, 0.4) is 0 Å². The quantitative estimate of drug-likeness (QED) is 0.621. The van der Waals surface area contributed by atoms with Crippen LogP contribution in [0.15, 0.2) is 84.9 Å². The molecular formula is C25H26O2. The van der Waals surface area contributed by atoms with E-state index in [1.807, 2.05) is 106 Å². The summed E-state index contributed by atoms with van der Waals surface area (Å²) in [5.41, 5.74) is 1.47. The summed E-state index contributed by atoms with van der Waals surface area (Å²) in [4.78, 5) is 13.0. The largest absolute Gasteiger partial charge is 0.380 e. The van der Waals surface area contributed by atoms with Crippen molar-refractivity contribution in [3.63, 3.8) is 0 Å². The van der Waals surface area contributed by atoms with E-state index in [0.29, 0.717) is 12.0 Å². The number of aliphatic hydroxyl groups is 1. The standard InChI is InChI=1S/C25H26O2/c1-24(2,3)23(26)22-17-11-10-12-19(22)18-25(27,20-13-6-4-7-14-20)21-15-8-5-9-16-21/h4-17,27H,18H2,1-3H3. The zero-order chi connectivity index (χ0) is 19.5. The summed E-state index contributed by atoms with van der Waals surface area (Å²) in [6.45, 7) is 5.77. The fraction of sp³-hybridized carbons (Fsp3) is 0.240. The van der Waals surface area contributed by atoms with Crippen LogP contribution in [0.2, 0.25) is 0 Å². The SMILES string of the molecule is CC(C)(C)C(=O)c1ccccc1CC(O)(c1ccccc1)c1ccccc1. The summed E-state index contributed by atoms with van der Waals surface area (Å²) < 4.78 is 0. The molecule has 3 aromatic carbocycles. The van der Waals surface area contributed by atoms with E-state index in [1.165, 1.54) is 0 Å². The Labute approximate surface area is 161 Å². The molecule has 0 unspecified atom stereocenters. The van der Waals surface area contributed by atoms with Crippen LogP contribution in [0, 0.1) is 5.41 Å². The molecule has 0 aliphatic heterocycles. The van der Waals surface area contributed by atoms with E-state index in [4.69, 9.17) is 0 Å². The molecule has 0 aliphatic carbocycles. The molecule has 2 nitrogen and oxygen atoms in total. The first-order chi connectivity index (χ1) is 12.8. The summed E-state index contributed by atoms with van der Waals surface area (Å²) in [7, 11) is 0. The number of Topliss-reactive ketones (excluding diaryl/α,β-unsaturated/α-hetero) is 1. The molecule has 0 bridgehead atoms. The molecule has 0 saturated heterocycles. The van der Waals surface area contributed by atoms with Gasteiger partial charge in [-0.15, -0.1) is 0 Å². The normalized spacial score (nSPS) is 12.0. The Kier molecular flexibility index (Phi) is 5.29. The molecule has 3 aromatic rings. The van der Waals surface area contributed by atoms with Crippen molar-refractivity contribution in [1.29, 1.82) is 0 Å². The number of rotatable bonds is 5. The Bertz CT molecular complexity index is 866. The van der Waals surface area contributed by atoms with Crippen molar-refractivity contribution >= 4 is 5.78 Å². The highest BCUT2D eigenvalue weighted by Gasteiger charge is 2.34. The number of hydrogen-bond acceptors (Lipinski definition) is 2. The summed E-state index contributed by atoms with van der Waals surface area (Å²) in [6.07, 6.45) is 0.332. The first-order valence-corrected chi connectivity index (χ1v) is 9.28. The second-order valence-corrected chi connectivity index (χ2v) is 8.01. The van der Waals surface area contributed by atoms with Gasteiger partial charge < -0.3 is 5.11 Å². The highest BCUT2D eigenvalue weighted by Crippen LogP contribution is 2.35. The minimum absolute atomic E-state index is 0.0848. The van der Waals surface area contributed by atoms with Crippen molar-refractivity contribution < 1.29 is 9.90 Å². The second-order valence-electron chi connectivity index (χ2n) is 8.01. The molecule has 0 amide bonds. The van der Waals surface area contributed by atoms with Crippen LogP contribution in [0.25, 0.3) is 0 Å². The average Bonchev–Trinajstić information content (AvgIpc) is 2.68. The molecule has 0 saturated carbocycles. The van der Waals surface area contributed by atoms with Gasteiger partial charge >= 0.3 is 0 Å². The van der Waals surface area contributed by atoms with Gasteiger partial charge in [0.25, 0.3) is 0 Å². The molecule has 0 heterocycles. The fourth-order valence-corrected chi connectivity index (χ4v) is 3.37. The Morgan fingerprint density at radius 3 is 1.67 bits per heavy atom. The van der Waals surface area contributed by atoms with Crippen molar-refractivity contribution in [2.45, 2.75) is 32.8 Å². The fourth-order valence-electron chi connectivity index (χ4n) is 3.37. The van der Waals surface area contributed by atoms with Gasteiger partial charge in [0.05, 0.1) is 0 Å². The van der Waals surface area contributed by atoms with Gasteiger partial charge in [0.1, 0.15) is 5.60 Å². The highest BCUT2D eigenvalue weighted by atomic mass is 16.3. The van der Waals surface area contributed by atoms with E-state index in [0.717, 1.165) is 16.7 Å². The molecule has 0 spiro atoms. The number of benzene rings is 3. The predicted octanol–water partition coefficient (Wildman–Crippen LogP) is 5.39. The molecular weight excluding hydrogens is 332 g/mol. The van der Waals surface area contributed by atoms with E-state index in [9.17, 15) is 9.90 Å². The number of carbonyl (C=O) groups is 1. The van der Waals surface area contributed by atoms with Gasteiger partial charge in [-0.1, -0.05) is 106 Å². The number of ketones is 1. The summed E-state index contributed by atoms with van der Waals surface area (Å²) in [5.74, 6) is 0.0848. The van der Waals surface area contributed by atoms with Crippen LogP contribution in [-0.2, 0) is 12.0 Å². The third-order valence-electron chi connectivity index (χ3n) is 4.89. The lowest BCUT2D eigenvalue weighted by atomic mass is 9.78. The molecule has 138 valence electrons. The van der Waals surface area contributed by atoms with Crippen LogP contribution >= 0.6 is 0 Å². The van der Waals surface area contributed by atoms with Crippen LogP contribution in [0.1, 0.15) is 47.8 Å². The first kappa shape index (κ1) is 19.1. The number of hydrogen-bond donors (Lipinski definition) is 1. The highest BCUT2D eigenvalue weighted by molar-refractivity contribution is 6.01. The zero-order valence-corrected chi connectivity index (χ0v) is 16.1. The molecule has 1 N–H and O–H groups in total. The van der Waals surface area contributed by atoms with Crippen molar-refractivity contribution in [3.8, 4) is 0 Å². The third-order valence-corrected chi connectivity index (χ3v) is 4.89. The Morgan fingerprint density at radius 1 is 0.741 bits per heavy atom. The monoisotopic (exact) mass is 358 g/mol. The number of carbonyl (C=O) groups excluding carboxylic acids is 1. The molecule has 0 aliphatic rings. The van der Waals surface area contributed by atoms with Gasteiger partial charge in [0.15, 0.2) is 5.78 Å². The van der Waals surface area contributed by atoms with Crippen LogP contribution in [0.4, 0.5) is 0 Å². The molecule has 3 rings (SSSR count). The minimum Gasteiger partial charge on any atom is -0.380 e. The molecule has 0 fully saturated rings. The van der Waals surface area contributed by atoms with Crippen LogP contribution in [-0.4, -0.2) is 10.9 Å². The maximum absolute atomic E-state index is 13.0. The first-order valence-electron chi connectivity index (χ1n) is 9.28. The maximum atomic E-state index is 13.0. The maximum Gasteiger partial charge on any atom is 0.168 e. The van der Waals surface area contributed by atoms with Crippen LogP contribution in [0.5, 0.6) is 0 Å². The van der Waals surface area contributed by atoms with Gasteiger partial charge in [-0.25, -0.2) is 0 Å². The van der Waals surface area contributed by atoms with Gasteiger partial charge in [-0.05, 0) is 16.7 Å². The van der Waals surface area contributed by atoms with Crippen molar-refractivity contribution in [2.75, 3.05) is 0 Å². The molecule has 2 heteroatoms.